The molecule has 3 fully saturated rings. The summed E-state index contributed by atoms with van der Waals surface area (Å²) in [6.45, 7) is 9.60. The second-order valence-electron chi connectivity index (χ2n) is 19.8. The fraction of sp³-hybridized carbons (Fsp3) is 0.451. The number of nitrogens with one attached hydrogen (secondary N) is 3. The number of aromatic nitrogens is 2. The fourth-order valence-electron chi connectivity index (χ4n) is 10.3. The summed E-state index contributed by atoms with van der Waals surface area (Å²) in [7, 11) is -4.60. The third-order valence-electron chi connectivity index (χ3n) is 14.3. The number of hydrogen-bond donors (Lipinski definition) is 3. The number of benzene rings is 3. The van der Waals surface area contributed by atoms with Crippen LogP contribution in [0.4, 0.5) is 22.7 Å². The average molecular weight is 964 g/mol. The van der Waals surface area contributed by atoms with E-state index >= 15 is 0 Å². The molecule has 2 aromatic heterocycles. The van der Waals surface area contributed by atoms with Gasteiger partial charge in [-0.05, 0) is 135 Å². The van der Waals surface area contributed by atoms with Crippen LogP contribution in [0.3, 0.4) is 0 Å². The van der Waals surface area contributed by atoms with E-state index in [0.29, 0.717) is 54.6 Å². The topological polar surface area (TPSA) is 175 Å². The van der Waals surface area contributed by atoms with E-state index in [1.54, 1.807) is 12.3 Å². The number of fused-ring (bicyclic) bond motifs is 2. The van der Waals surface area contributed by atoms with E-state index < -0.39 is 31.4 Å². The summed E-state index contributed by atoms with van der Waals surface area (Å²) >= 11 is 6.28. The Morgan fingerprint density at radius 1 is 0.941 bits per heavy atom. The number of piperazine rings is 1. The van der Waals surface area contributed by atoms with E-state index in [9.17, 15) is 23.3 Å². The highest BCUT2D eigenvalue weighted by molar-refractivity contribution is 7.90. The van der Waals surface area contributed by atoms with Gasteiger partial charge in [-0.3, -0.25) is 19.8 Å². The lowest BCUT2D eigenvalue weighted by Gasteiger charge is -2.39. The summed E-state index contributed by atoms with van der Waals surface area (Å²) in [6.07, 6.45) is 11.1. The fourth-order valence-corrected chi connectivity index (χ4v) is 11.4. The maximum atomic E-state index is 14.5. The van der Waals surface area contributed by atoms with Crippen molar-refractivity contribution >= 4 is 66.9 Å². The molecule has 17 heteroatoms. The number of amides is 1. The first-order valence-corrected chi connectivity index (χ1v) is 25.9. The third-order valence-corrected chi connectivity index (χ3v) is 15.8. The van der Waals surface area contributed by atoms with Crippen LogP contribution in [0.1, 0.15) is 94.0 Å². The number of sulfonamides is 1. The van der Waals surface area contributed by atoms with Gasteiger partial charge in [0.1, 0.15) is 11.3 Å². The van der Waals surface area contributed by atoms with Crippen LogP contribution in [0.5, 0.6) is 11.6 Å². The number of carbonyl (C=O) groups excluding carboxylic acids is 1. The molecule has 0 bridgehead atoms. The van der Waals surface area contributed by atoms with Gasteiger partial charge in [-0.1, -0.05) is 43.2 Å². The molecular formula is C51H59ClN8O7S. The number of pyridine rings is 1. The van der Waals surface area contributed by atoms with Gasteiger partial charge in [0.2, 0.25) is 5.88 Å². The molecule has 3 aromatic carbocycles. The van der Waals surface area contributed by atoms with Crippen LogP contribution in [0.2, 0.25) is 5.02 Å². The number of ether oxygens (including phenoxy) is 2. The van der Waals surface area contributed by atoms with Crippen LogP contribution in [0, 0.1) is 15.5 Å². The third kappa shape index (κ3) is 10.2. The Hall–Kier alpha value is -5.68. The average Bonchev–Trinajstić information content (AvgIpc) is 4.07. The first kappa shape index (κ1) is 46.1. The van der Waals surface area contributed by atoms with E-state index in [-0.39, 0.29) is 22.8 Å². The van der Waals surface area contributed by atoms with E-state index in [0.717, 1.165) is 99.8 Å². The molecule has 15 nitrogen and oxygen atoms in total. The van der Waals surface area contributed by atoms with Crippen molar-refractivity contribution in [3.05, 3.63) is 111 Å². The number of nitrogens with zero attached hydrogens (tertiary/aromatic N) is 5. The van der Waals surface area contributed by atoms with Gasteiger partial charge in [-0.25, -0.2) is 13.1 Å². The van der Waals surface area contributed by atoms with Gasteiger partial charge in [0.05, 0.1) is 33.8 Å². The maximum Gasteiger partial charge on any atom is 0.312 e. The van der Waals surface area contributed by atoms with Gasteiger partial charge >= 0.3 is 5.69 Å². The van der Waals surface area contributed by atoms with Gasteiger partial charge in [-0.2, -0.15) is 4.98 Å². The van der Waals surface area contributed by atoms with E-state index in [1.807, 2.05) is 41.3 Å². The Morgan fingerprint density at radius 2 is 1.69 bits per heavy atom. The highest BCUT2D eigenvalue weighted by atomic mass is 35.5. The molecule has 1 amide bonds. The number of nitro benzene ring substituents is 1. The van der Waals surface area contributed by atoms with Crippen molar-refractivity contribution in [3.8, 4) is 11.6 Å². The van der Waals surface area contributed by atoms with Crippen molar-refractivity contribution < 1.29 is 27.6 Å². The van der Waals surface area contributed by atoms with Crippen molar-refractivity contribution in [2.24, 2.45) is 5.41 Å². The lowest BCUT2D eigenvalue weighted by atomic mass is 9.72. The highest BCUT2D eigenvalue weighted by Gasteiger charge is 2.34. The number of halogens is 1. The summed E-state index contributed by atoms with van der Waals surface area (Å²) in [5, 5.41) is 17.6. The van der Waals surface area contributed by atoms with Crippen LogP contribution >= 0.6 is 11.6 Å². The van der Waals surface area contributed by atoms with Crippen molar-refractivity contribution in [1.82, 2.24) is 24.9 Å². The SMILES string of the molecule is CC1(C)CCC(CN2CCN(c3ccc(C(=O)NS(=O)(=O)c4ccc(OC5CCC(NC6CC6)CC5)c([N+](=O)[O-])c4)c(N4CCCOc5nc6[nH]ccc6cc54)c3)CC2)=C(c2ccc(Cl)cc2)C1. The van der Waals surface area contributed by atoms with Crippen LogP contribution in [-0.4, -0.2) is 98.2 Å². The zero-order valence-electron chi connectivity index (χ0n) is 38.6. The van der Waals surface area contributed by atoms with Gasteiger partial charge in [0, 0.05) is 79.7 Å². The molecule has 0 atom stereocenters. The lowest BCUT2D eigenvalue weighted by Crippen LogP contribution is -2.47. The minimum atomic E-state index is -4.60. The first-order chi connectivity index (χ1) is 32.7. The van der Waals surface area contributed by atoms with Gasteiger partial charge in [0.25, 0.3) is 15.9 Å². The second-order valence-corrected chi connectivity index (χ2v) is 21.9. The number of rotatable bonds is 13. The Kier molecular flexibility index (Phi) is 12.9. The molecule has 68 heavy (non-hydrogen) atoms. The Bertz CT molecular complexity index is 2850. The smallest absolute Gasteiger partial charge is 0.312 e. The molecule has 3 N–H and O–H groups in total. The summed E-state index contributed by atoms with van der Waals surface area (Å²) < 4.78 is 42.6. The van der Waals surface area contributed by atoms with E-state index in [4.69, 9.17) is 26.1 Å². The predicted molar refractivity (Wildman–Crippen MR) is 265 cm³/mol. The Morgan fingerprint density at radius 3 is 2.43 bits per heavy atom. The second kappa shape index (κ2) is 19.0. The molecule has 10 rings (SSSR count). The minimum absolute atomic E-state index is 0.00239. The molecule has 5 aromatic rings. The standard InChI is InChI=1S/C51H59ClN8O7S/c1-51(2)20-18-35(43(31-51)33-4-6-36(52)7-5-33)32-57-23-25-58(26-24-57)39-12-16-42(44(29-39)59-22-3-27-66-50-46(59)28-34-19-21-53-48(34)55-50)49(61)56-68(64,65)41-15-17-47(45(30-41)60(62)63)67-40-13-10-38(11-14-40)54-37-8-9-37/h4-7,12,15-17,19,21,28-30,37-38,40,54H,3,8-11,13-14,18,20,22-27,31-32H2,1-2H3,(H,53,55)(H,56,61). The largest absolute Gasteiger partial charge is 0.484 e. The summed E-state index contributed by atoms with van der Waals surface area (Å²) in [5.41, 5.74) is 6.68. The molecule has 0 radical (unpaired) electrons. The number of H-pyrrole nitrogens is 1. The monoisotopic (exact) mass is 962 g/mol. The normalized spacial score (nSPS) is 21.2. The van der Waals surface area contributed by atoms with E-state index in [1.165, 1.54) is 41.7 Å². The van der Waals surface area contributed by atoms with Crippen molar-refractivity contribution in [1.29, 1.82) is 0 Å². The van der Waals surface area contributed by atoms with Crippen molar-refractivity contribution in [2.75, 3.05) is 55.7 Å². The zero-order valence-corrected chi connectivity index (χ0v) is 40.2. The molecule has 1 saturated heterocycles. The molecule has 4 heterocycles. The summed E-state index contributed by atoms with van der Waals surface area (Å²) in [6, 6.07) is 22.1. The summed E-state index contributed by atoms with van der Waals surface area (Å²) in [5.74, 6) is -0.479. The van der Waals surface area contributed by atoms with Gasteiger partial charge in [-0.15, -0.1) is 0 Å². The number of aromatic amines is 1. The molecule has 0 unspecified atom stereocenters. The van der Waals surface area contributed by atoms with E-state index in [2.05, 4.69) is 50.8 Å². The molecule has 0 spiro atoms. The Labute approximate surface area is 402 Å². The molecular weight excluding hydrogens is 904 g/mol. The zero-order chi connectivity index (χ0) is 47.2. The van der Waals surface area contributed by atoms with Crippen LogP contribution < -0.4 is 29.3 Å². The number of nitro groups is 1. The molecule has 358 valence electrons. The minimum Gasteiger partial charge on any atom is -0.484 e. The number of carbonyl (C=O) groups is 1. The van der Waals surface area contributed by atoms with Gasteiger partial charge < -0.3 is 29.6 Å². The lowest BCUT2D eigenvalue weighted by molar-refractivity contribution is -0.386. The predicted octanol–water partition coefficient (Wildman–Crippen LogP) is 9.39. The molecule has 5 aliphatic rings. The van der Waals surface area contributed by atoms with Crippen molar-refractivity contribution in [2.45, 2.75) is 101 Å². The number of allylic oxidation sites excluding steroid dienone is 1. The maximum absolute atomic E-state index is 14.5. The van der Waals surface area contributed by atoms with Crippen LogP contribution in [0.25, 0.3) is 16.6 Å². The molecule has 2 saturated carbocycles. The Balaban J connectivity index is 0.902. The van der Waals surface area contributed by atoms with Crippen LogP contribution in [-0.2, 0) is 10.0 Å². The van der Waals surface area contributed by atoms with Crippen molar-refractivity contribution in [3.63, 3.8) is 0 Å². The van der Waals surface area contributed by atoms with Gasteiger partial charge in [0.15, 0.2) is 5.75 Å². The quantitative estimate of drug-likeness (QED) is 0.0755. The summed E-state index contributed by atoms with van der Waals surface area (Å²) in [4.78, 5) is 40.4. The molecule has 3 aliphatic carbocycles. The highest BCUT2D eigenvalue weighted by Crippen LogP contribution is 2.44. The number of anilines is 3. The first-order valence-electron chi connectivity index (χ1n) is 24.0. The van der Waals surface area contributed by atoms with Crippen LogP contribution in [0.15, 0.2) is 89.5 Å². The number of hydrogen-bond acceptors (Lipinski definition) is 12. The molecule has 2 aliphatic heterocycles.